The molecule has 0 aliphatic carbocycles. The normalized spacial score (nSPS) is 23.3. The summed E-state index contributed by atoms with van der Waals surface area (Å²) >= 11 is 0. The van der Waals surface area contributed by atoms with Crippen LogP contribution in [0, 0.1) is 23.1 Å². The minimum Gasteiger partial charge on any atom is -0.462 e. The summed E-state index contributed by atoms with van der Waals surface area (Å²) in [5.41, 5.74) is 3.23. The lowest BCUT2D eigenvalue weighted by atomic mass is 9.76. The number of amides is 1. The van der Waals surface area contributed by atoms with Gasteiger partial charge in [-0.25, -0.2) is 23.1 Å². The number of anilines is 1. The van der Waals surface area contributed by atoms with Gasteiger partial charge in [-0.05, 0) is 37.3 Å². The van der Waals surface area contributed by atoms with Gasteiger partial charge in [0, 0.05) is 23.4 Å². The number of nitriles is 1. The van der Waals surface area contributed by atoms with Crippen LogP contribution in [0.5, 0.6) is 0 Å². The van der Waals surface area contributed by atoms with Crippen molar-refractivity contribution in [1.29, 1.82) is 5.26 Å². The molecule has 30 heavy (non-hydrogen) atoms. The van der Waals surface area contributed by atoms with E-state index in [1.807, 2.05) is 6.07 Å². The van der Waals surface area contributed by atoms with Crippen LogP contribution in [0.15, 0.2) is 41.5 Å². The summed E-state index contributed by atoms with van der Waals surface area (Å²) < 4.78 is 48.4. The zero-order valence-electron chi connectivity index (χ0n) is 16.1. The number of nitrogens with two attached hydrogens (primary N) is 1. The van der Waals surface area contributed by atoms with E-state index in [2.05, 4.69) is 15.3 Å². The number of aliphatic imine (C=N–C) groups is 1. The molecular weight excluding hydrogens is 399 g/mol. The van der Waals surface area contributed by atoms with E-state index in [1.54, 1.807) is 6.92 Å². The first-order valence-electron chi connectivity index (χ1n) is 8.96. The number of nitrogens with one attached hydrogen (secondary N) is 1. The zero-order valence-corrected chi connectivity index (χ0v) is 16.1. The van der Waals surface area contributed by atoms with E-state index in [0.717, 1.165) is 12.1 Å². The van der Waals surface area contributed by atoms with E-state index in [1.165, 1.54) is 31.3 Å². The third-order valence-corrected chi connectivity index (χ3v) is 5.11. The highest BCUT2D eigenvalue weighted by atomic mass is 19.3. The van der Waals surface area contributed by atoms with Gasteiger partial charge in [-0.1, -0.05) is 6.92 Å². The van der Waals surface area contributed by atoms with Gasteiger partial charge in [-0.2, -0.15) is 5.26 Å². The smallest absolute Gasteiger partial charge is 0.283 e. The number of benzene rings is 1. The molecule has 2 heterocycles. The van der Waals surface area contributed by atoms with E-state index in [4.69, 9.17) is 15.7 Å². The first-order chi connectivity index (χ1) is 14.2. The molecule has 0 spiro atoms. The maximum absolute atomic E-state index is 14.7. The Bertz CT molecular complexity index is 1040. The molecule has 0 fully saturated rings. The highest BCUT2D eigenvalue weighted by Gasteiger charge is 2.53. The molecule has 3 rings (SSSR count). The number of nitrogens with zero attached hydrogens (tertiary/aromatic N) is 3. The number of hydrogen-bond donors (Lipinski definition) is 2. The third-order valence-electron chi connectivity index (χ3n) is 5.11. The van der Waals surface area contributed by atoms with Gasteiger partial charge in [-0.15, -0.1) is 0 Å². The summed E-state index contributed by atoms with van der Waals surface area (Å²) in [5.74, 6) is -2.48. The fraction of sp³-hybridized carbons (Fsp3) is 0.300. The minimum absolute atomic E-state index is 0.00114. The summed E-state index contributed by atoms with van der Waals surface area (Å²) in [6.07, 6.45) is -2.60. The Morgan fingerprint density at radius 1 is 1.33 bits per heavy atom. The maximum atomic E-state index is 14.7. The molecule has 0 saturated carbocycles. The van der Waals surface area contributed by atoms with E-state index in [-0.39, 0.29) is 16.9 Å². The first-order valence-corrected chi connectivity index (χ1v) is 8.96. The molecule has 1 unspecified atom stereocenters. The van der Waals surface area contributed by atoms with E-state index in [0.29, 0.717) is 0 Å². The lowest BCUT2D eigenvalue weighted by Crippen LogP contribution is -2.51. The van der Waals surface area contributed by atoms with Crippen molar-refractivity contribution in [1.82, 2.24) is 4.98 Å². The Morgan fingerprint density at radius 2 is 2.07 bits per heavy atom. The maximum Gasteiger partial charge on any atom is 0.283 e. The first kappa shape index (κ1) is 21.1. The number of amidine groups is 1. The topological polar surface area (TPSA) is 113 Å². The largest absolute Gasteiger partial charge is 0.462 e. The van der Waals surface area contributed by atoms with Crippen LogP contribution in [0.3, 0.4) is 0 Å². The molecule has 2 aromatic rings. The number of carbonyl (C=O) groups excluding carboxylic acids is 1. The van der Waals surface area contributed by atoms with Crippen LogP contribution in [-0.4, -0.2) is 29.4 Å². The molecule has 0 bridgehead atoms. The highest BCUT2D eigenvalue weighted by Crippen LogP contribution is 2.45. The molecule has 7 nitrogen and oxygen atoms in total. The van der Waals surface area contributed by atoms with Crippen LogP contribution in [0.4, 0.5) is 18.9 Å². The van der Waals surface area contributed by atoms with Crippen LogP contribution in [-0.2, 0) is 10.3 Å². The van der Waals surface area contributed by atoms with Gasteiger partial charge in [0.2, 0.25) is 0 Å². The Labute approximate surface area is 170 Å². The fourth-order valence-corrected chi connectivity index (χ4v) is 3.33. The van der Waals surface area contributed by atoms with Gasteiger partial charge in [-0.3, -0.25) is 4.79 Å². The Balaban J connectivity index is 2.00. The molecule has 1 aliphatic rings. The molecule has 0 radical (unpaired) electrons. The van der Waals surface area contributed by atoms with Crippen LogP contribution in [0.1, 0.15) is 35.5 Å². The van der Waals surface area contributed by atoms with Gasteiger partial charge in [0.25, 0.3) is 18.4 Å². The summed E-state index contributed by atoms with van der Waals surface area (Å²) in [6, 6.07) is 7.48. The molecular formula is C20H18F3N5O2. The van der Waals surface area contributed by atoms with Crippen molar-refractivity contribution >= 4 is 17.6 Å². The van der Waals surface area contributed by atoms with Crippen LogP contribution in [0.25, 0.3) is 0 Å². The van der Waals surface area contributed by atoms with Crippen LogP contribution >= 0.6 is 0 Å². The van der Waals surface area contributed by atoms with Crippen molar-refractivity contribution < 1.29 is 22.7 Å². The third kappa shape index (κ3) is 3.66. The predicted molar refractivity (Wildman–Crippen MR) is 102 cm³/mol. The molecule has 1 aromatic carbocycles. The summed E-state index contributed by atoms with van der Waals surface area (Å²) in [4.78, 5) is 20.1. The number of aromatic nitrogens is 1. The Hall–Kier alpha value is -3.61. The van der Waals surface area contributed by atoms with Crippen molar-refractivity contribution in [2.45, 2.75) is 31.9 Å². The van der Waals surface area contributed by atoms with Crippen molar-refractivity contribution in [3.8, 4) is 6.07 Å². The number of alkyl halides is 2. The van der Waals surface area contributed by atoms with Gasteiger partial charge >= 0.3 is 0 Å². The second-order valence-electron chi connectivity index (χ2n) is 6.88. The molecule has 0 saturated heterocycles. The molecule has 1 aromatic heterocycles. The van der Waals surface area contributed by atoms with E-state index >= 15 is 0 Å². The number of halogens is 3. The molecule has 1 amide bonds. The second-order valence-corrected chi connectivity index (χ2v) is 6.88. The minimum atomic E-state index is -3.09. The second kappa shape index (κ2) is 8.02. The van der Waals surface area contributed by atoms with Crippen molar-refractivity contribution in [3.05, 3.63) is 59.2 Å². The molecule has 3 atom stereocenters. The van der Waals surface area contributed by atoms with E-state index in [9.17, 15) is 18.0 Å². The van der Waals surface area contributed by atoms with Gasteiger partial charge in [0.15, 0.2) is 5.54 Å². The zero-order chi connectivity index (χ0) is 22.1. The fourth-order valence-electron chi connectivity index (χ4n) is 3.33. The molecule has 10 heteroatoms. The van der Waals surface area contributed by atoms with Crippen molar-refractivity contribution in [2.75, 3.05) is 5.32 Å². The van der Waals surface area contributed by atoms with Gasteiger partial charge < -0.3 is 15.8 Å². The highest BCUT2D eigenvalue weighted by molar-refractivity contribution is 6.02. The monoisotopic (exact) mass is 417 g/mol. The van der Waals surface area contributed by atoms with Gasteiger partial charge in [0.1, 0.15) is 23.7 Å². The van der Waals surface area contributed by atoms with Crippen molar-refractivity contribution in [2.24, 2.45) is 16.6 Å². The quantitative estimate of drug-likeness (QED) is 0.793. The number of ether oxygens (including phenoxy) is 1. The Morgan fingerprint density at radius 3 is 2.67 bits per heavy atom. The number of hydrogen-bond acceptors (Lipinski definition) is 6. The number of pyridine rings is 1. The van der Waals surface area contributed by atoms with Crippen LogP contribution in [0.2, 0.25) is 0 Å². The molecule has 3 N–H and O–H groups in total. The average Bonchev–Trinajstić information content (AvgIpc) is 2.72. The Kier molecular flexibility index (Phi) is 5.64. The standard InChI is InChI=1S/C20H18F3N5O2/c1-10-11(2)30-19(25)28-20(10,18(22)23)14-7-13(4-5-15(14)21)27-17(29)16-6-3-12(8-24)9-26-16/h3-7,9-11,18H,1-2H3,(H2,25,28)(H,27,29)/t10-,11?,20-/m1/s1. The number of rotatable bonds is 4. The lowest BCUT2D eigenvalue weighted by Gasteiger charge is -2.41. The average molecular weight is 417 g/mol. The summed E-state index contributed by atoms with van der Waals surface area (Å²) in [5, 5.41) is 11.3. The predicted octanol–water partition coefficient (Wildman–Crippen LogP) is 3.17. The number of carbonyl (C=O) groups is 1. The molecule has 1 aliphatic heterocycles. The van der Waals surface area contributed by atoms with Gasteiger partial charge in [0.05, 0.1) is 5.56 Å². The summed E-state index contributed by atoms with van der Waals surface area (Å²) in [6.45, 7) is 3.02. The lowest BCUT2D eigenvalue weighted by molar-refractivity contribution is -0.0363. The summed E-state index contributed by atoms with van der Waals surface area (Å²) in [7, 11) is 0. The SMILES string of the molecule is CC1OC(N)=N[C@](c2cc(NC(=O)c3ccc(C#N)cn3)ccc2F)(C(F)F)[C@@H]1C. The van der Waals surface area contributed by atoms with Crippen LogP contribution < -0.4 is 11.1 Å². The van der Waals surface area contributed by atoms with E-state index < -0.39 is 47.3 Å². The molecule has 156 valence electrons. The van der Waals surface area contributed by atoms with Crippen molar-refractivity contribution in [3.63, 3.8) is 0 Å².